The topological polar surface area (TPSA) is 201 Å². The highest BCUT2D eigenvalue weighted by molar-refractivity contribution is 7.88. The van der Waals surface area contributed by atoms with E-state index in [1.165, 1.54) is 26.4 Å². The number of halogens is 9. The van der Waals surface area contributed by atoms with Gasteiger partial charge in [0.15, 0.2) is 0 Å². The molecule has 0 bridgehead atoms. The van der Waals surface area contributed by atoms with E-state index in [0.29, 0.717) is 51.4 Å². The van der Waals surface area contributed by atoms with Gasteiger partial charge in [-0.15, -0.1) is 10.2 Å². The molecule has 52 heavy (non-hydrogen) atoms. The number of nitrogens with one attached hydrogen (secondary N) is 1. The molecule has 6 heterocycles. The van der Waals surface area contributed by atoms with Crippen molar-refractivity contribution in [2.45, 2.75) is 80.3 Å². The lowest BCUT2D eigenvalue weighted by atomic mass is 9.76. The molecule has 1 amide bonds. The Hall–Kier alpha value is -4.01. The van der Waals surface area contributed by atoms with Gasteiger partial charge in [0.05, 0.1) is 11.4 Å². The van der Waals surface area contributed by atoms with Crippen molar-refractivity contribution in [2.75, 3.05) is 26.2 Å². The zero-order valence-corrected chi connectivity index (χ0v) is 28.5. The van der Waals surface area contributed by atoms with Gasteiger partial charge in [0, 0.05) is 62.2 Å². The molecule has 0 radical (unpaired) electrons. The summed E-state index contributed by atoms with van der Waals surface area (Å²) in [5.74, 6) is -3.92. The molecular weight excluding hydrogens is 779 g/mol. The van der Waals surface area contributed by atoms with Crippen molar-refractivity contribution < 1.29 is 84.1 Å². The Morgan fingerprint density at radius 3 is 1.48 bits per heavy atom. The molecular formula is C25H29F9N6O10S2. The number of ether oxygens (including phenoxy) is 1. The van der Waals surface area contributed by atoms with Crippen LogP contribution in [0.4, 0.5) is 44.3 Å². The second-order valence-electron chi connectivity index (χ2n) is 13.0. The maximum Gasteiger partial charge on any atom is 0.534 e. The van der Waals surface area contributed by atoms with Crippen LogP contribution in [-0.4, -0.2) is 107 Å². The number of likely N-dealkylation sites (tertiary alicyclic amines) is 1. The van der Waals surface area contributed by atoms with Crippen molar-refractivity contribution in [2.24, 2.45) is 0 Å². The van der Waals surface area contributed by atoms with Gasteiger partial charge in [0.25, 0.3) is 11.8 Å². The first-order valence-electron chi connectivity index (χ1n) is 14.6. The van der Waals surface area contributed by atoms with Gasteiger partial charge >= 0.3 is 49.5 Å². The number of hydrogen-bond donors (Lipinski definition) is 2. The summed E-state index contributed by atoms with van der Waals surface area (Å²) in [4.78, 5) is 22.4. The monoisotopic (exact) mass is 808 g/mol. The maximum atomic E-state index is 12.4. The molecule has 0 atom stereocenters. The van der Waals surface area contributed by atoms with E-state index in [9.17, 15) is 61.1 Å². The van der Waals surface area contributed by atoms with Crippen molar-refractivity contribution >= 4 is 32.3 Å². The van der Waals surface area contributed by atoms with Crippen LogP contribution in [0.1, 0.15) is 45.0 Å². The Bertz CT molecular complexity index is 1910. The van der Waals surface area contributed by atoms with Crippen molar-refractivity contribution in [3.05, 3.63) is 23.5 Å². The average Bonchev–Trinajstić information content (AvgIpc) is 3.64. The van der Waals surface area contributed by atoms with Gasteiger partial charge in [-0.05, 0) is 33.6 Å². The molecule has 2 N–H and O–H groups in total. The van der Waals surface area contributed by atoms with Gasteiger partial charge in [0.1, 0.15) is 5.60 Å². The van der Waals surface area contributed by atoms with E-state index in [2.05, 4.69) is 23.9 Å². The third kappa shape index (κ3) is 8.44. The molecule has 27 heteroatoms. The van der Waals surface area contributed by atoms with Crippen LogP contribution in [0.25, 0.3) is 0 Å². The smallest absolute Gasteiger partial charge is 0.475 e. The molecule has 16 nitrogen and oxygen atoms in total. The summed E-state index contributed by atoms with van der Waals surface area (Å²) in [6.45, 7) is 8.24. The summed E-state index contributed by atoms with van der Waals surface area (Å²) >= 11 is 0. The lowest BCUT2D eigenvalue weighted by Gasteiger charge is -2.47. The third-order valence-electron chi connectivity index (χ3n) is 7.97. The molecule has 2 saturated heterocycles. The first kappa shape index (κ1) is 40.8. The highest BCUT2D eigenvalue weighted by atomic mass is 32.2. The predicted molar refractivity (Wildman–Crippen MR) is 153 cm³/mol. The molecule has 294 valence electrons. The predicted octanol–water partition coefficient (Wildman–Crippen LogP) is 2.99. The fraction of sp³-hybridized carbons (Fsp3) is 0.680. The number of aryl methyl sites for hydroxylation is 2. The van der Waals surface area contributed by atoms with Crippen molar-refractivity contribution in [3.8, 4) is 11.8 Å². The number of aliphatic carboxylic acids is 1. The van der Waals surface area contributed by atoms with Crippen molar-refractivity contribution in [1.82, 2.24) is 29.8 Å². The summed E-state index contributed by atoms with van der Waals surface area (Å²) in [6.07, 6.45) is -4.08. The van der Waals surface area contributed by atoms with Gasteiger partial charge in [-0.25, -0.2) is 9.59 Å². The molecule has 4 aliphatic heterocycles. The molecule has 4 aliphatic rings. The Kier molecular flexibility index (Phi) is 10.3. The van der Waals surface area contributed by atoms with Gasteiger partial charge in [-0.2, -0.15) is 56.3 Å². The number of alkyl halides is 9. The highest BCUT2D eigenvalue weighted by Crippen LogP contribution is 2.45. The molecule has 2 spiro atoms. The number of amides is 1. The van der Waals surface area contributed by atoms with Crippen LogP contribution in [0.5, 0.6) is 11.8 Å². The summed E-state index contributed by atoms with van der Waals surface area (Å²) in [5, 5.41) is 17.7. The number of nitrogens with zero attached hydrogens (tertiary/aromatic N) is 5. The van der Waals surface area contributed by atoms with E-state index < -0.39 is 72.3 Å². The number of carbonyl (C=O) groups is 2. The maximum absolute atomic E-state index is 12.4. The zero-order valence-electron chi connectivity index (χ0n) is 26.9. The van der Waals surface area contributed by atoms with E-state index in [0.717, 1.165) is 12.1 Å². The summed E-state index contributed by atoms with van der Waals surface area (Å²) in [7, 11) is -11.4. The molecule has 2 fully saturated rings. The first-order chi connectivity index (χ1) is 23.4. The SMILES string of the molecule is CC(C)(C)OC(=O)N1CC2(CCn3nc(OS(=O)(=O)C(F)(F)F)cc32)C1.O=C(O)C(F)(F)F.O=S(=O)(Oc1cc2n(n1)CCC21CNC1)C(F)(F)F. The number of carboxylic acids is 1. The molecule has 0 saturated carbocycles. The fourth-order valence-electron chi connectivity index (χ4n) is 5.52. The van der Waals surface area contributed by atoms with Crippen LogP contribution < -0.4 is 13.7 Å². The molecule has 0 aliphatic carbocycles. The van der Waals surface area contributed by atoms with E-state index >= 15 is 0 Å². The number of fused-ring (bicyclic) bond motifs is 4. The Balaban J connectivity index is 0.000000203. The van der Waals surface area contributed by atoms with E-state index in [1.807, 2.05) is 0 Å². The quantitative estimate of drug-likeness (QED) is 0.260. The van der Waals surface area contributed by atoms with Gasteiger partial charge in [-0.3, -0.25) is 9.36 Å². The normalized spacial score (nSPS) is 18.9. The molecule has 2 aromatic heterocycles. The minimum Gasteiger partial charge on any atom is -0.475 e. The van der Waals surface area contributed by atoms with Crippen LogP contribution in [0.3, 0.4) is 0 Å². The summed E-state index contributed by atoms with van der Waals surface area (Å²) in [5.41, 5.74) is -11.0. The lowest BCUT2D eigenvalue weighted by Crippen LogP contribution is -2.61. The second-order valence-corrected chi connectivity index (χ2v) is 16.0. The minimum atomic E-state index is -5.77. The number of carbonyl (C=O) groups excluding carboxylic acids is 1. The van der Waals surface area contributed by atoms with Crippen LogP contribution in [-0.2, 0) is 53.7 Å². The Morgan fingerprint density at radius 1 is 0.769 bits per heavy atom. The third-order valence-corrected chi connectivity index (χ3v) is 9.89. The molecule has 6 rings (SSSR count). The van der Waals surface area contributed by atoms with Gasteiger partial charge in [0.2, 0.25) is 0 Å². The van der Waals surface area contributed by atoms with E-state index in [-0.39, 0.29) is 5.41 Å². The number of rotatable bonds is 4. The van der Waals surface area contributed by atoms with E-state index in [4.69, 9.17) is 14.6 Å². The average molecular weight is 809 g/mol. The number of aromatic nitrogens is 4. The molecule has 2 aromatic rings. The highest BCUT2D eigenvalue weighted by Gasteiger charge is 2.54. The summed E-state index contributed by atoms with van der Waals surface area (Å²) in [6, 6.07) is 2.46. The lowest BCUT2D eigenvalue weighted by molar-refractivity contribution is -0.192. The van der Waals surface area contributed by atoms with Crippen LogP contribution in [0, 0.1) is 0 Å². The zero-order chi connectivity index (χ0) is 39.5. The Morgan fingerprint density at radius 2 is 1.15 bits per heavy atom. The first-order valence-corrected chi connectivity index (χ1v) is 17.4. The van der Waals surface area contributed by atoms with Crippen LogP contribution in [0.2, 0.25) is 0 Å². The van der Waals surface area contributed by atoms with E-state index in [1.54, 1.807) is 20.8 Å². The van der Waals surface area contributed by atoms with Gasteiger partial charge in [-0.1, -0.05) is 0 Å². The standard InChI is InChI=1S/C14H18F3N3O5S.C9H10F3N3O3S.C2HF3O2/c1-12(2,3)24-11(21)19-7-13(8-19)4-5-20-9(13)6-10(18-20)25-26(22,23)14(15,16)17;10-9(11,12)19(16,17)18-7-3-6-8(4-13-5-8)1-2-15(6)14-7;3-2(4,5)1(6)7/h6H,4-5,7-8H2,1-3H3;3,13H,1-2,4-5H2;(H,6,7). The number of carboxylic acid groups (broad SMARTS) is 1. The van der Waals surface area contributed by atoms with Crippen molar-refractivity contribution in [1.29, 1.82) is 0 Å². The largest absolute Gasteiger partial charge is 0.534 e. The fourth-order valence-corrected chi connectivity index (χ4v) is 6.32. The molecule has 0 unspecified atom stereocenters. The minimum absolute atomic E-state index is 0.142. The summed E-state index contributed by atoms with van der Waals surface area (Å²) < 4.78 is 166. The number of hydrogen-bond acceptors (Lipinski definition) is 12. The molecule has 0 aromatic carbocycles. The second kappa shape index (κ2) is 13.1. The van der Waals surface area contributed by atoms with Crippen LogP contribution >= 0.6 is 0 Å². The van der Waals surface area contributed by atoms with Crippen molar-refractivity contribution in [3.63, 3.8) is 0 Å². The van der Waals surface area contributed by atoms with Crippen LogP contribution in [0.15, 0.2) is 12.1 Å². The Labute approximate surface area is 288 Å². The van der Waals surface area contributed by atoms with Gasteiger partial charge < -0.3 is 28.4 Å².